The predicted molar refractivity (Wildman–Crippen MR) is 142 cm³/mol. The number of rotatable bonds is 4. The van der Waals surface area contributed by atoms with E-state index in [4.69, 9.17) is 4.74 Å². The molecule has 6 rings (SSSR count). The van der Waals surface area contributed by atoms with E-state index in [9.17, 15) is 34.4 Å². The van der Waals surface area contributed by atoms with Gasteiger partial charge in [0.2, 0.25) is 11.8 Å². The van der Waals surface area contributed by atoms with Gasteiger partial charge in [0.05, 0.1) is 29.6 Å². The van der Waals surface area contributed by atoms with Crippen molar-refractivity contribution in [2.45, 2.75) is 25.7 Å². The number of ketones is 2. The lowest BCUT2D eigenvalue weighted by atomic mass is 9.59. The number of nitrogens with zero attached hydrogens (tertiary/aromatic N) is 2. The van der Waals surface area contributed by atoms with Gasteiger partial charge in [0, 0.05) is 40.3 Å². The fraction of sp³-hybridized carbons (Fsp3) is 0.267. The molecule has 202 valence electrons. The molecular weight excluding hydrogens is 516 g/mol. The Morgan fingerprint density at radius 2 is 1.75 bits per heavy atom. The number of amides is 2. The summed E-state index contributed by atoms with van der Waals surface area (Å²) in [6.07, 6.45) is 3.48. The summed E-state index contributed by atoms with van der Waals surface area (Å²) >= 11 is 0. The lowest BCUT2D eigenvalue weighted by molar-refractivity contribution is -0.384. The molecule has 2 amide bonds. The van der Waals surface area contributed by atoms with Crippen LogP contribution in [0.15, 0.2) is 76.9 Å². The number of ether oxygens (including phenoxy) is 1. The van der Waals surface area contributed by atoms with Crippen molar-refractivity contribution in [2.75, 3.05) is 12.0 Å². The van der Waals surface area contributed by atoms with Crippen molar-refractivity contribution in [3.63, 3.8) is 0 Å². The number of hydrogen-bond acceptors (Lipinski definition) is 8. The van der Waals surface area contributed by atoms with Gasteiger partial charge in [-0.15, -0.1) is 0 Å². The Balaban J connectivity index is 1.47. The Labute approximate surface area is 228 Å². The maximum absolute atomic E-state index is 13.9. The van der Waals surface area contributed by atoms with Gasteiger partial charge in [0.1, 0.15) is 0 Å². The summed E-state index contributed by atoms with van der Waals surface area (Å²) in [6.45, 7) is 1.57. The van der Waals surface area contributed by atoms with Crippen LogP contribution in [-0.2, 0) is 19.2 Å². The second kappa shape index (κ2) is 9.11. The number of para-hydroxylation sites is 1. The van der Waals surface area contributed by atoms with E-state index >= 15 is 0 Å². The summed E-state index contributed by atoms with van der Waals surface area (Å²) in [7, 11) is 1.41. The first kappa shape index (κ1) is 25.4. The van der Waals surface area contributed by atoms with Crippen molar-refractivity contribution in [1.29, 1.82) is 0 Å². The van der Waals surface area contributed by atoms with Gasteiger partial charge in [0.25, 0.3) is 5.69 Å². The van der Waals surface area contributed by atoms with E-state index in [1.165, 1.54) is 37.5 Å². The van der Waals surface area contributed by atoms with Crippen LogP contribution < -0.4 is 9.64 Å². The zero-order valence-electron chi connectivity index (χ0n) is 21.6. The molecule has 40 heavy (non-hydrogen) atoms. The quantitative estimate of drug-likeness (QED) is 0.202. The Morgan fingerprint density at radius 3 is 2.42 bits per heavy atom. The molecule has 1 saturated heterocycles. The second-order valence-electron chi connectivity index (χ2n) is 10.4. The first-order chi connectivity index (χ1) is 19.1. The molecule has 1 aliphatic heterocycles. The van der Waals surface area contributed by atoms with E-state index in [-0.39, 0.29) is 58.4 Å². The van der Waals surface area contributed by atoms with Crippen LogP contribution in [-0.4, -0.2) is 40.5 Å². The van der Waals surface area contributed by atoms with Crippen molar-refractivity contribution in [3.8, 4) is 11.5 Å². The predicted octanol–water partition coefficient (Wildman–Crippen LogP) is 3.94. The minimum Gasteiger partial charge on any atom is -0.504 e. The van der Waals surface area contributed by atoms with Gasteiger partial charge in [-0.2, -0.15) is 0 Å². The number of benzene rings is 2. The summed E-state index contributed by atoms with van der Waals surface area (Å²) in [5, 5.41) is 22.2. The molecule has 2 aromatic rings. The number of phenols is 1. The van der Waals surface area contributed by atoms with Crippen molar-refractivity contribution in [1.82, 2.24) is 0 Å². The maximum Gasteiger partial charge on any atom is 0.269 e. The molecule has 0 spiro atoms. The highest BCUT2D eigenvalue weighted by Gasteiger charge is 2.57. The fourth-order valence-corrected chi connectivity index (χ4v) is 6.63. The Hall–Kier alpha value is -4.86. The van der Waals surface area contributed by atoms with Crippen LogP contribution in [0, 0.1) is 27.9 Å². The van der Waals surface area contributed by atoms with Crippen LogP contribution in [0.1, 0.15) is 31.2 Å². The molecule has 1 heterocycles. The molecular formula is C30H24N2O8. The number of nitro benzene ring substituents is 1. The Bertz CT molecular complexity index is 1630. The van der Waals surface area contributed by atoms with E-state index in [1.54, 1.807) is 25.1 Å². The Morgan fingerprint density at radius 1 is 1.02 bits per heavy atom. The monoisotopic (exact) mass is 540 g/mol. The van der Waals surface area contributed by atoms with E-state index < -0.39 is 40.4 Å². The molecule has 10 nitrogen and oxygen atoms in total. The number of Topliss-reactive ketones (excluding diaryl/α,β-unsaturated/α-hetero) is 1. The number of non-ortho nitro benzene ring substituents is 1. The van der Waals surface area contributed by atoms with E-state index in [0.717, 1.165) is 4.90 Å². The number of phenolic OH excluding ortho intramolecular Hbond substituents is 1. The zero-order valence-corrected chi connectivity index (χ0v) is 21.6. The van der Waals surface area contributed by atoms with E-state index in [2.05, 4.69) is 0 Å². The third-order valence-electron chi connectivity index (χ3n) is 8.44. The van der Waals surface area contributed by atoms with Crippen LogP contribution in [0.4, 0.5) is 11.4 Å². The topological polar surface area (TPSA) is 144 Å². The van der Waals surface area contributed by atoms with Gasteiger partial charge in [-0.05, 0) is 50.0 Å². The van der Waals surface area contributed by atoms with Crippen LogP contribution >= 0.6 is 0 Å². The lowest BCUT2D eigenvalue weighted by Gasteiger charge is -2.42. The molecule has 4 aliphatic rings. The second-order valence-corrected chi connectivity index (χ2v) is 10.4. The van der Waals surface area contributed by atoms with Crippen molar-refractivity contribution in [2.24, 2.45) is 17.8 Å². The third kappa shape index (κ3) is 3.55. The summed E-state index contributed by atoms with van der Waals surface area (Å²) in [5.41, 5.74) is 1.99. The van der Waals surface area contributed by atoms with Gasteiger partial charge in [-0.1, -0.05) is 23.8 Å². The van der Waals surface area contributed by atoms with Gasteiger partial charge < -0.3 is 9.84 Å². The fourth-order valence-electron chi connectivity index (χ4n) is 6.63. The molecule has 0 aromatic heterocycles. The van der Waals surface area contributed by atoms with Crippen molar-refractivity contribution < 1.29 is 33.9 Å². The summed E-state index contributed by atoms with van der Waals surface area (Å²) < 4.78 is 5.31. The SMILES string of the molecule is COc1cccc(C2C3=CCC4C(=O)N(c5ccc([N+](=O)[O-])cc5)C(=O)C4C3CC3=C2C(=O)C(C)=CC3=O)c1O. The molecule has 0 radical (unpaired) electrons. The minimum absolute atomic E-state index is 0.102. The van der Waals surface area contributed by atoms with Crippen LogP contribution in [0.5, 0.6) is 11.5 Å². The number of hydrogen-bond donors (Lipinski definition) is 1. The van der Waals surface area contributed by atoms with Crippen LogP contribution in [0.25, 0.3) is 0 Å². The standard InChI is InChI=1S/C30H24N2O8/c1-14-12-22(33)21-13-20-17(24(26(21)27(14)34)18-4-3-5-23(40-2)28(18)35)10-11-19-25(20)30(37)31(29(19)36)15-6-8-16(9-7-15)32(38)39/h3-10,12,19-20,24-25,35H,11,13H2,1-2H3. The highest BCUT2D eigenvalue weighted by atomic mass is 16.6. The summed E-state index contributed by atoms with van der Waals surface area (Å²) in [5.74, 6) is -4.34. The molecule has 2 aromatic carbocycles. The first-order valence-corrected chi connectivity index (χ1v) is 12.8. The van der Waals surface area contributed by atoms with Gasteiger partial charge in [-0.25, -0.2) is 0 Å². The number of nitro groups is 1. The molecule has 4 unspecified atom stereocenters. The summed E-state index contributed by atoms with van der Waals surface area (Å²) in [6, 6.07) is 10.1. The average molecular weight is 541 g/mol. The van der Waals surface area contributed by atoms with Crippen molar-refractivity contribution >= 4 is 34.8 Å². The third-order valence-corrected chi connectivity index (χ3v) is 8.44. The van der Waals surface area contributed by atoms with Crippen LogP contribution in [0.3, 0.4) is 0 Å². The average Bonchev–Trinajstić information content (AvgIpc) is 3.20. The first-order valence-electron chi connectivity index (χ1n) is 12.8. The number of aromatic hydroxyl groups is 1. The minimum atomic E-state index is -0.804. The molecule has 0 bridgehead atoms. The highest BCUT2D eigenvalue weighted by Crippen LogP contribution is 2.57. The zero-order chi connectivity index (χ0) is 28.5. The smallest absolute Gasteiger partial charge is 0.269 e. The number of allylic oxidation sites excluding steroid dienone is 6. The van der Waals surface area contributed by atoms with E-state index in [1.807, 2.05) is 6.08 Å². The molecule has 1 N–H and O–H groups in total. The number of fused-ring (bicyclic) bond motifs is 3. The van der Waals surface area contributed by atoms with Gasteiger partial charge in [-0.3, -0.25) is 34.2 Å². The number of carbonyl (C=O) groups is 4. The number of methoxy groups -OCH3 is 1. The largest absolute Gasteiger partial charge is 0.504 e. The number of imide groups is 1. The molecule has 0 saturated carbocycles. The highest BCUT2D eigenvalue weighted by molar-refractivity contribution is 6.25. The molecule has 3 aliphatic carbocycles. The van der Waals surface area contributed by atoms with Crippen LogP contribution in [0.2, 0.25) is 0 Å². The normalized spacial score (nSPS) is 25.7. The Kier molecular flexibility index (Phi) is 5.79. The summed E-state index contributed by atoms with van der Waals surface area (Å²) in [4.78, 5) is 65.7. The molecule has 1 fully saturated rings. The molecule has 10 heteroatoms. The number of carbonyl (C=O) groups excluding carboxylic acids is 4. The molecule has 4 atom stereocenters. The lowest BCUT2D eigenvalue weighted by Crippen LogP contribution is -2.39. The maximum atomic E-state index is 13.9. The van der Waals surface area contributed by atoms with E-state index in [0.29, 0.717) is 16.7 Å². The number of anilines is 1. The van der Waals surface area contributed by atoms with Crippen molar-refractivity contribution in [3.05, 3.63) is 92.6 Å². The van der Waals surface area contributed by atoms with Gasteiger partial charge >= 0.3 is 0 Å². The van der Waals surface area contributed by atoms with Gasteiger partial charge in [0.15, 0.2) is 23.1 Å².